The third-order valence-electron chi connectivity index (χ3n) is 7.94. The Kier molecular flexibility index (Phi) is 12.8. The molecule has 6 rings (SSSR count). The number of nitriles is 4. The van der Waals surface area contributed by atoms with Gasteiger partial charge in [0.15, 0.2) is 0 Å². The molecule has 0 aliphatic heterocycles. The molecule has 0 aromatic heterocycles. The standard InChI is InChI=1S/2C24H16N2/c2*25-17-23(15-19-7-3-1-4-8-19)21-11-13-22(14-12-21)24(18-26)16-20-9-5-2-6-10-20/h2*1-16H/b2*23-15+,24-16+. The molecule has 6 aromatic carbocycles. The molecule has 0 unspecified atom stereocenters. The van der Waals surface area contributed by atoms with Gasteiger partial charge in [0.25, 0.3) is 0 Å². The quantitative estimate of drug-likeness (QED) is 0.119. The molecule has 0 atom stereocenters. The molecule has 0 bridgehead atoms. The molecule has 6 aromatic rings. The van der Waals surface area contributed by atoms with Gasteiger partial charge in [0, 0.05) is 0 Å². The van der Waals surface area contributed by atoms with E-state index >= 15 is 0 Å². The average molecular weight is 665 g/mol. The minimum Gasteiger partial charge on any atom is -0.192 e. The Balaban J connectivity index is 0.000000201. The van der Waals surface area contributed by atoms with E-state index in [1.54, 1.807) is 0 Å². The molecule has 244 valence electrons. The number of benzene rings is 6. The van der Waals surface area contributed by atoms with Gasteiger partial charge in [-0.2, -0.15) is 21.0 Å². The summed E-state index contributed by atoms with van der Waals surface area (Å²) in [5.74, 6) is 0. The summed E-state index contributed by atoms with van der Waals surface area (Å²) in [5, 5.41) is 37.9. The lowest BCUT2D eigenvalue weighted by Gasteiger charge is -2.04. The van der Waals surface area contributed by atoms with Crippen LogP contribution in [-0.2, 0) is 0 Å². The summed E-state index contributed by atoms with van der Waals surface area (Å²) < 4.78 is 0. The Bertz CT molecular complexity index is 2030. The highest BCUT2D eigenvalue weighted by molar-refractivity contribution is 5.94. The number of allylic oxidation sites excluding steroid dienone is 4. The highest BCUT2D eigenvalue weighted by Gasteiger charge is 2.06. The van der Waals surface area contributed by atoms with Crippen LogP contribution in [0, 0.1) is 45.3 Å². The lowest BCUT2D eigenvalue weighted by Crippen LogP contribution is -1.86. The van der Waals surface area contributed by atoms with Crippen molar-refractivity contribution in [2.75, 3.05) is 0 Å². The minimum atomic E-state index is 0.591. The van der Waals surface area contributed by atoms with Gasteiger partial charge >= 0.3 is 0 Å². The summed E-state index contributed by atoms with van der Waals surface area (Å²) >= 11 is 0. The first-order valence-electron chi connectivity index (χ1n) is 16.5. The van der Waals surface area contributed by atoms with E-state index < -0.39 is 0 Å². The molecule has 0 radical (unpaired) electrons. The zero-order valence-electron chi connectivity index (χ0n) is 28.3. The van der Waals surface area contributed by atoms with E-state index in [0.717, 1.165) is 44.5 Å². The Morgan fingerprint density at radius 1 is 0.269 bits per heavy atom. The molecular weight excluding hydrogens is 633 g/mol. The molecule has 4 nitrogen and oxygen atoms in total. The number of hydrogen-bond donors (Lipinski definition) is 0. The van der Waals surface area contributed by atoms with E-state index in [-0.39, 0.29) is 0 Å². The fourth-order valence-corrected chi connectivity index (χ4v) is 5.24. The molecule has 0 N–H and O–H groups in total. The van der Waals surface area contributed by atoms with Gasteiger partial charge < -0.3 is 0 Å². The Labute approximate surface area is 305 Å². The maximum absolute atomic E-state index is 9.48. The second kappa shape index (κ2) is 18.7. The molecular formula is C48H32N4. The minimum absolute atomic E-state index is 0.591. The molecule has 4 heteroatoms. The van der Waals surface area contributed by atoms with Gasteiger partial charge in [-0.1, -0.05) is 170 Å². The van der Waals surface area contributed by atoms with Crippen molar-refractivity contribution in [3.05, 3.63) is 214 Å². The molecule has 0 spiro atoms. The first kappa shape index (κ1) is 35.5. The van der Waals surface area contributed by atoms with E-state index in [2.05, 4.69) is 24.3 Å². The van der Waals surface area contributed by atoms with Crippen molar-refractivity contribution in [2.24, 2.45) is 0 Å². The predicted octanol–water partition coefficient (Wildman–Crippen LogP) is 11.6. The van der Waals surface area contributed by atoms with Crippen molar-refractivity contribution in [2.45, 2.75) is 0 Å². The molecule has 52 heavy (non-hydrogen) atoms. The van der Waals surface area contributed by atoms with E-state index in [1.807, 2.05) is 194 Å². The van der Waals surface area contributed by atoms with Gasteiger partial charge in [0.1, 0.15) is 0 Å². The molecule has 0 aliphatic carbocycles. The van der Waals surface area contributed by atoms with E-state index in [1.165, 1.54) is 0 Å². The number of hydrogen-bond acceptors (Lipinski definition) is 4. The topological polar surface area (TPSA) is 95.2 Å². The smallest absolute Gasteiger partial charge is 0.0998 e. The normalized spacial score (nSPS) is 11.5. The Morgan fingerprint density at radius 2 is 0.442 bits per heavy atom. The second-order valence-corrected chi connectivity index (χ2v) is 11.5. The largest absolute Gasteiger partial charge is 0.192 e. The van der Waals surface area contributed by atoms with Crippen LogP contribution in [0.5, 0.6) is 0 Å². The lowest BCUT2D eigenvalue weighted by molar-refractivity contribution is 1.50. The van der Waals surface area contributed by atoms with Crippen LogP contribution in [0.15, 0.2) is 170 Å². The average Bonchev–Trinajstić information content (AvgIpc) is 3.22. The first-order valence-corrected chi connectivity index (χ1v) is 16.5. The molecule has 0 heterocycles. The van der Waals surface area contributed by atoms with Crippen molar-refractivity contribution in [1.82, 2.24) is 0 Å². The fraction of sp³-hybridized carbons (Fsp3) is 0. The summed E-state index contributed by atoms with van der Waals surface area (Å²) in [6, 6.07) is 63.0. The summed E-state index contributed by atoms with van der Waals surface area (Å²) in [6.07, 6.45) is 7.44. The summed E-state index contributed by atoms with van der Waals surface area (Å²) in [7, 11) is 0. The van der Waals surface area contributed by atoms with Crippen LogP contribution >= 0.6 is 0 Å². The molecule has 0 amide bonds. The summed E-state index contributed by atoms with van der Waals surface area (Å²) in [6.45, 7) is 0. The number of rotatable bonds is 8. The Morgan fingerprint density at radius 3 is 0.596 bits per heavy atom. The van der Waals surface area contributed by atoms with Crippen molar-refractivity contribution in [3.63, 3.8) is 0 Å². The summed E-state index contributed by atoms with van der Waals surface area (Å²) in [5.41, 5.74) is 9.61. The van der Waals surface area contributed by atoms with Gasteiger partial charge in [-0.3, -0.25) is 0 Å². The van der Waals surface area contributed by atoms with E-state index in [0.29, 0.717) is 22.3 Å². The van der Waals surface area contributed by atoms with Crippen LogP contribution in [0.2, 0.25) is 0 Å². The van der Waals surface area contributed by atoms with Crippen molar-refractivity contribution in [1.29, 1.82) is 21.0 Å². The van der Waals surface area contributed by atoms with Gasteiger partial charge in [0.2, 0.25) is 0 Å². The second-order valence-electron chi connectivity index (χ2n) is 11.5. The van der Waals surface area contributed by atoms with E-state index in [9.17, 15) is 21.0 Å². The maximum Gasteiger partial charge on any atom is 0.0998 e. The third-order valence-corrected chi connectivity index (χ3v) is 7.94. The van der Waals surface area contributed by atoms with Crippen molar-refractivity contribution < 1.29 is 0 Å². The van der Waals surface area contributed by atoms with E-state index in [4.69, 9.17) is 0 Å². The van der Waals surface area contributed by atoms with Crippen LogP contribution in [0.4, 0.5) is 0 Å². The van der Waals surface area contributed by atoms with Crippen LogP contribution in [-0.4, -0.2) is 0 Å². The third kappa shape index (κ3) is 10.1. The number of nitrogens with zero attached hydrogens (tertiary/aromatic N) is 4. The van der Waals surface area contributed by atoms with Gasteiger partial charge in [-0.05, 0) is 68.8 Å². The van der Waals surface area contributed by atoms with Gasteiger partial charge in [-0.25, -0.2) is 0 Å². The lowest BCUT2D eigenvalue weighted by atomic mass is 9.99. The Hall–Kier alpha value is -7.76. The zero-order valence-corrected chi connectivity index (χ0v) is 28.3. The van der Waals surface area contributed by atoms with Crippen LogP contribution < -0.4 is 0 Å². The molecule has 0 saturated carbocycles. The van der Waals surface area contributed by atoms with Crippen LogP contribution in [0.3, 0.4) is 0 Å². The molecule has 0 saturated heterocycles. The monoisotopic (exact) mass is 664 g/mol. The van der Waals surface area contributed by atoms with Gasteiger partial charge in [0.05, 0.1) is 46.6 Å². The van der Waals surface area contributed by atoms with Crippen LogP contribution in [0.25, 0.3) is 46.6 Å². The first-order chi connectivity index (χ1) is 25.6. The maximum atomic E-state index is 9.48. The molecule has 0 aliphatic rings. The van der Waals surface area contributed by atoms with Crippen molar-refractivity contribution >= 4 is 46.6 Å². The van der Waals surface area contributed by atoms with Crippen LogP contribution in [0.1, 0.15) is 44.5 Å². The highest BCUT2D eigenvalue weighted by atomic mass is 14.3. The highest BCUT2D eigenvalue weighted by Crippen LogP contribution is 2.24. The summed E-state index contributed by atoms with van der Waals surface area (Å²) in [4.78, 5) is 0. The SMILES string of the molecule is N#C/C(=C\c1ccccc1)c1ccc(/C(C#N)=C/c2ccccc2)cc1.N#C/C(=C\c1ccccc1)c1ccc(/C(C#N)=C/c2ccccc2)cc1. The molecule has 0 fully saturated rings. The zero-order chi connectivity index (χ0) is 36.4. The van der Waals surface area contributed by atoms with Crippen molar-refractivity contribution in [3.8, 4) is 24.3 Å². The van der Waals surface area contributed by atoms with Gasteiger partial charge in [-0.15, -0.1) is 0 Å². The predicted molar refractivity (Wildman–Crippen MR) is 213 cm³/mol. The fourth-order valence-electron chi connectivity index (χ4n) is 5.24.